The van der Waals surface area contributed by atoms with E-state index in [0.717, 1.165) is 17.7 Å². The van der Waals surface area contributed by atoms with Crippen LogP contribution < -0.4 is 0 Å². The molecule has 0 bridgehead atoms. The number of rotatable bonds is 5. The van der Waals surface area contributed by atoms with Crippen molar-refractivity contribution in [3.63, 3.8) is 0 Å². The smallest absolute Gasteiger partial charge is 0.222 e. The minimum absolute atomic E-state index is 0.0389. The van der Waals surface area contributed by atoms with Gasteiger partial charge in [0, 0.05) is 12.0 Å². The maximum Gasteiger partial charge on any atom is 0.222 e. The highest BCUT2D eigenvalue weighted by molar-refractivity contribution is 7.14. The summed E-state index contributed by atoms with van der Waals surface area (Å²) in [6.45, 7) is 1.02. The lowest BCUT2D eigenvalue weighted by Crippen LogP contribution is -2.14. The van der Waals surface area contributed by atoms with Gasteiger partial charge in [-0.05, 0) is 30.9 Å². The van der Waals surface area contributed by atoms with Crippen molar-refractivity contribution in [2.24, 2.45) is 0 Å². The van der Waals surface area contributed by atoms with E-state index in [1.807, 2.05) is 6.07 Å². The lowest BCUT2D eigenvalue weighted by Gasteiger charge is -2.05. The quantitative estimate of drug-likeness (QED) is 0.798. The summed E-state index contributed by atoms with van der Waals surface area (Å²) in [5, 5.41) is 4.55. The van der Waals surface area contributed by atoms with Crippen LogP contribution in [-0.4, -0.2) is 29.3 Å². The van der Waals surface area contributed by atoms with Crippen LogP contribution in [0.15, 0.2) is 12.3 Å². The standard InChI is InChI=1S/C14H15ClN2O2S/c1-19-6-5-17-13(10(15)8-16-17)14(18)12-7-9-3-2-4-11(9)20-12/h7-8H,2-6H2,1H3. The van der Waals surface area contributed by atoms with Gasteiger partial charge in [-0.15, -0.1) is 11.3 Å². The summed E-state index contributed by atoms with van der Waals surface area (Å²) in [6, 6.07) is 2.01. The van der Waals surface area contributed by atoms with E-state index in [1.54, 1.807) is 23.1 Å². The molecule has 0 radical (unpaired) electrons. The van der Waals surface area contributed by atoms with Gasteiger partial charge in [-0.2, -0.15) is 5.10 Å². The molecule has 0 fully saturated rings. The molecule has 2 heterocycles. The third-order valence-corrected chi connectivity index (χ3v) is 5.00. The van der Waals surface area contributed by atoms with E-state index < -0.39 is 0 Å². The van der Waals surface area contributed by atoms with Crippen LogP contribution in [0.1, 0.15) is 32.2 Å². The molecule has 0 saturated heterocycles. The van der Waals surface area contributed by atoms with Crippen LogP contribution >= 0.6 is 22.9 Å². The van der Waals surface area contributed by atoms with E-state index in [9.17, 15) is 4.79 Å². The number of hydrogen-bond donors (Lipinski definition) is 0. The summed E-state index contributed by atoms with van der Waals surface area (Å²) in [5.74, 6) is -0.0389. The van der Waals surface area contributed by atoms with Gasteiger partial charge in [-0.3, -0.25) is 9.48 Å². The molecule has 0 spiro atoms. The maximum absolute atomic E-state index is 12.6. The summed E-state index contributed by atoms with van der Waals surface area (Å²) in [7, 11) is 1.62. The topological polar surface area (TPSA) is 44.1 Å². The minimum Gasteiger partial charge on any atom is -0.383 e. The van der Waals surface area contributed by atoms with Gasteiger partial charge in [0.05, 0.1) is 29.2 Å². The van der Waals surface area contributed by atoms with Crippen molar-refractivity contribution >= 4 is 28.7 Å². The number of thiophene rings is 1. The number of carbonyl (C=O) groups is 1. The van der Waals surface area contributed by atoms with Gasteiger partial charge >= 0.3 is 0 Å². The number of ether oxygens (including phenoxy) is 1. The fourth-order valence-corrected chi connectivity index (χ4v) is 3.91. The van der Waals surface area contributed by atoms with Gasteiger partial charge in [-0.25, -0.2) is 0 Å². The molecule has 0 aromatic carbocycles. The number of aryl methyl sites for hydroxylation is 2. The molecule has 3 rings (SSSR count). The molecule has 0 N–H and O–H groups in total. The first-order valence-electron chi connectivity index (χ1n) is 6.57. The number of carbonyl (C=O) groups excluding carboxylic acids is 1. The van der Waals surface area contributed by atoms with E-state index >= 15 is 0 Å². The summed E-state index contributed by atoms with van der Waals surface area (Å²) < 4.78 is 6.66. The highest BCUT2D eigenvalue weighted by atomic mass is 35.5. The minimum atomic E-state index is -0.0389. The number of ketones is 1. The number of aromatic nitrogens is 2. The number of methoxy groups -OCH3 is 1. The Labute approximate surface area is 126 Å². The fraction of sp³-hybridized carbons (Fsp3) is 0.429. The van der Waals surface area contributed by atoms with E-state index in [4.69, 9.17) is 16.3 Å². The predicted octanol–water partition coefficient (Wildman–Crippen LogP) is 2.96. The number of halogens is 1. The van der Waals surface area contributed by atoms with Crippen LogP contribution in [-0.2, 0) is 24.1 Å². The second-order valence-corrected chi connectivity index (χ2v) is 6.34. The highest BCUT2D eigenvalue weighted by Crippen LogP contribution is 2.32. The molecule has 0 atom stereocenters. The van der Waals surface area contributed by atoms with E-state index in [0.29, 0.717) is 23.9 Å². The van der Waals surface area contributed by atoms with Gasteiger partial charge in [0.1, 0.15) is 5.69 Å². The Balaban J connectivity index is 1.91. The molecule has 1 aliphatic rings. The van der Waals surface area contributed by atoms with Gasteiger partial charge in [-0.1, -0.05) is 11.6 Å². The summed E-state index contributed by atoms with van der Waals surface area (Å²) >= 11 is 7.71. The summed E-state index contributed by atoms with van der Waals surface area (Å²) in [5.41, 5.74) is 1.78. The lowest BCUT2D eigenvalue weighted by molar-refractivity contribution is 0.102. The molecule has 2 aromatic heterocycles. The second-order valence-electron chi connectivity index (χ2n) is 4.80. The van der Waals surface area contributed by atoms with Crippen molar-refractivity contribution in [3.8, 4) is 0 Å². The van der Waals surface area contributed by atoms with Gasteiger partial charge in [0.2, 0.25) is 5.78 Å². The molecule has 20 heavy (non-hydrogen) atoms. The third-order valence-electron chi connectivity index (χ3n) is 3.49. The molecule has 0 unspecified atom stereocenters. The summed E-state index contributed by atoms with van der Waals surface area (Å²) in [4.78, 5) is 14.7. The normalized spacial score (nSPS) is 13.7. The molecule has 6 heteroatoms. The van der Waals surface area contributed by atoms with Gasteiger partial charge in [0.15, 0.2) is 0 Å². The van der Waals surface area contributed by atoms with Crippen molar-refractivity contribution < 1.29 is 9.53 Å². The highest BCUT2D eigenvalue weighted by Gasteiger charge is 2.24. The van der Waals surface area contributed by atoms with Gasteiger partial charge in [0.25, 0.3) is 0 Å². The van der Waals surface area contributed by atoms with E-state index in [-0.39, 0.29) is 5.78 Å². The zero-order chi connectivity index (χ0) is 14.1. The SMILES string of the molecule is COCCn1ncc(Cl)c1C(=O)c1cc2c(s1)CCC2. The number of fused-ring (bicyclic) bond motifs is 1. The molecule has 4 nitrogen and oxygen atoms in total. The summed E-state index contributed by atoms with van der Waals surface area (Å²) in [6.07, 6.45) is 4.88. The van der Waals surface area contributed by atoms with Crippen molar-refractivity contribution in [2.45, 2.75) is 25.8 Å². The Kier molecular flexibility index (Phi) is 3.92. The monoisotopic (exact) mass is 310 g/mol. The van der Waals surface area contributed by atoms with Crippen molar-refractivity contribution in [1.29, 1.82) is 0 Å². The van der Waals surface area contributed by atoms with Crippen molar-refractivity contribution in [1.82, 2.24) is 9.78 Å². The van der Waals surface area contributed by atoms with E-state index in [2.05, 4.69) is 5.10 Å². The van der Waals surface area contributed by atoms with Crippen LogP contribution in [0.5, 0.6) is 0 Å². The van der Waals surface area contributed by atoms with Crippen LogP contribution in [0, 0.1) is 0 Å². The molecule has 1 aliphatic carbocycles. The number of nitrogens with zero attached hydrogens (tertiary/aromatic N) is 2. The zero-order valence-electron chi connectivity index (χ0n) is 11.2. The predicted molar refractivity (Wildman–Crippen MR) is 78.9 cm³/mol. The molecule has 0 saturated carbocycles. The molecule has 0 amide bonds. The maximum atomic E-state index is 12.6. The average molecular weight is 311 g/mol. The number of hydrogen-bond acceptors (Lipinski definition) is 4. The average Bonchev–Trinajstić information content (AvgIpc) is 3.09. The Morgan fingerprint density at radius 3 is 3.15 bits per heavy atom. The van der Waals surface area contributed by atoms with E-state index in [1.165, 1.54) is 23.1 Å². The van der Waals surface area contributed by atoms with Crippen molar-refractivity contribution in [3.05, 3.63) is 38.3 Å². The fourth-order valence-electron chi connectivity index (χ4n) is 2.49. The van der Waals surface area contributed by atoms with Crippen molar-refractivity contribution in [2.75, 3.05) is 13.7 Å². The van der Waals surface area contributed by atoms with Crippen LogP contribution in [0.3, 0.4) is 0 Å². The Bertz CT molecular complexity index is 626. The first-order chi connectivity index (χ1) is 9.70. The van der Waals surface area contributed by atoms with Crippen LogP contribution in [0.25, 0.3) is 0 Å². The second kappa shape index (κ2) is 5.68. The Hall–Kier alpha value is -1.17. The molecular formula is C14H15ClN2O2S. The molecule has 106 valence electrons. The largest absolute Gasteiger partial charge is 0.383 e. The first kappa shape index (κ1) is 13.8. The first-order valence-corrected chi connectivity index (χ1v) is 7.76. The Morgan fingerprint density at radius 1 is 1.55 bits per heavy atom. The van der Waals surface area contributed by atoms with Crippen LogP contribution in [0.2, 0.25) is 5.02 Å². The lowest BCUT2D eigenvalue weighted by atomic mass is 10.2. The molecular weight excluding hydrogens is 296 g/mol. The third kappa shape index (κ3) is 2.41. The van der Waals surface area contributed by atoms with Crippen LogP contribution in [0.4, 0.5) is 0 Å². The van der Waals surface area contributed by atoms with Gasteiger partial charge < -0.3 is 4.74 Å². The molecule has 2 aromatic rings. The zero-order valence-corrected chi connectivity index (χ0v) is 12.8. The molecule has 0 aliphatic heterocycles. The Morgan fingerprint density at radius 2 is 2.40 bits per heavy atom.